The van der Waals surface area contributed by atoms with Crippen molar-refractivity contribution in [2.24, 2.45) is 0 Å². The van der Waals surface area contributed by atoms with Crippen molar-refractivity contribution in [1.29, 1.82) is 0 Å². The number of nitrogens with zero attached hydrogens (tertiary/aromatic N) is 2. The molecule has 21 heavy (non-hydrogen) atoms. The molecule has 0 unspecified atom stereocenters. The fraction of sp³-hybridized carbons (Fsp3) is 0.400. The summed E-state index contributed by atoms with van der Waals surface area (Å²) in [6.45, 7) is 7.38. The van der Waals surface area contributed by atoms with Gasteiger partial charge in [-0.15, -0.1) is 0 Å². The van der Waals surface area contributed by atoms with Gasteiger partial charge in [0.2, 0.25) is 0 Å². The van der Waals surface area contributed by atoms with E-state index in [0.29, 0.717) is 0 Å². The molecule has 3 nitrogen and oxygen atoms in total. The highest BCUT2D eigenvalue weighted by Gasteiger charge is 2.16. The van der Waals surface area contributed by atoms with E-state index in [1.165, 1.54) is 4.68 Å². The van der Waals surface area contributed by atoms with Crippen molar-refractivity contribution in [2.45, 2.75) is 27.2 Å². The third-order valence-corrected chi connectivity index (χ3v) is 3.46. The predicted molar refractivity (Wildman–Crippen MR) is 75.2 cm³/mol. The molecular formula is C15H18F3N3. The molecule has 0 fully saturated rings. The van der Waals surface area contributed by atoms with Crippen molar-refractivity contribution in [2.75, 3.05) is 13.1 Å². The molecule has 0 atom stereocenters. The SMILES string of the molecule is CCNCCc1c(C)nn(-c2cc(F)c(F)c(F)c2)c1C. The summed E-state index contributed by atoms with van der Waals surface area (Å²) in [6, 6.07) is 1.90. The van der Waals surface area contributed by atoms with E-state index >= 15 is 0 Å². The van der Waals surface area contributed by atoms with Crippen molar-refractivity contribution >= 4 is 0 Å². The number of halogens is 3. The highest BCUT2D eigenvalue weighted by atomic mass is 19.2. The monoisotopic (exact) mass is 297 g/mol. The van der Waals surface area contributed by atoms with Gasteiger partial charge in [-0.2, -0.15) is 5.10 Å². The summed E-state index contributed by atoms with van der Waals surface area (Å²) in [5, 5.41) is 7.52. The zero-order valence-corrected chi connectivity index (χ0v) is 12.3. The third kappa shape index (κ3) is 3.10. The van der Waals surface area contributed by atoms with Crippen molar-refractivity contribution in [3.05, 3.63) is 46.5 Å². The maximum absolute atomic E-state index is 13.3. The summed E-state index contributed by atoms with van der Waals surface area (Å²) in [5.41, 5.74) is 2.81. The summed E-state index contributed by atoms with van der Waals surface area (Å²) < 4.78 is 41.2. The van der Waals surface area contributed by atoms with Crippen molar-refractivity contribution < 1.29 is 13.2 Å². The molecule has 2 aromatic rings. The van der Waals surface area contributed by atoms with Gasteiger partial charge in [-0.25, -0.2) is 17.9 Å². The van der Waals surface area contributed by atoms with Gasteiger partial charge < -0.3 is 5.32 Å². The number of benzene rings is 1. The Hall–Kier alpha value is -1.82. The van der Waals surface area contributed by atoms with Gasteiger partial charge in [-0.05, 0) is 38.9 Å². The van der Waals surface area contributed by atoms with Crippen LogP contribution in [0.15, 0.2) is 12.1 Å². The Labute approximate surface area is 121 Å². The largest absolute Gasteiger partial charge is 0.317 e. The maximum atomic E-state index is 13.3. The number of hydrogen-bond donors (Lipinski definition) is 1. The smallest absolute Gasteiger partial charge is 0.194 e. The summed E-state index contributed by atoms with van der Waals surface area (Å²) in [7, 11) is 0. The first kappa shape index (κ1) is 15.6. The minimum Gasteiger partial charge on any atom is -0.317 e. The quantitative estimate of drug-likeness (QED) is 0.679. The van der Waals surface area contributed by atoms with Crippen LogP contribution in [0.3, 0.4) is 0 Å². The van der Waals surface area contributed by atoms with Crippen molar-refractivity contribution in [3.63, 3.8) is 0 Å². The molecule has 0 bridgehead atoms. The van der Waals surface area contributed by atoms with Crippen LogP contribution in [-0.4, -0.2) is 22.9 Å². The van der Waals surface area contributed by atoms with E-state index in [9.17, 15) is 13.2 Å². The molecule has 2 rings (SSSR count). The lowest BCUT2D eigenvalue weighted by molar-refractivity contribution is 0.446. The van der Waals surface area contributed by atoms with E-state index in [1.54, 1.807) is 0 Å². The second-order valence-corrected chi connectivity index (χ2v) is 4.89. The van der Waals surface area contributed by atoms with Crippen LogP contribution < -0.4 is 5.32 Å². The van der Waals surface area contributed by atoms with Crippen LogP contribution >= 0.6 is 0 Å². The highest BCUT2D eigenvalue weighted by Crippen LogP contribution is 2.21. The lowest BCUT2D eigenvalue weighted by Crippen LogP contribution is -2.16. The number of aromatic nitrogens is 2. The van der Waals surface area contributed by atoms with E-state index in [-0.39, 0.29) is 5.69 Å². The summed E-state index contributed by atoms with van der Waals surface area (Å²) in [5.74, 6) is -3.90. The number of rotatable bonds is 5. The van der Waals surface area contributed by atoms with Gasteiger partial charge >= 0.3 is 0 Å². The highest BCUT2D eigenvalue weighted by molar-refractivity contribution is 5.38. The van der Waals surface area contributed by atoms with E-state index in [0.717, 1.165) is 48.6 Å². The molecule has 0 spiro atoms. The molecule has 0 radical (unpaired) electrons. The Kier molecular flexibility index (Phi) is 4.67. The van der Waals surface area contributed by atoms with Gasteiger partial charge in [-0.3, -0.25) is 0 Å². The molecule has 0 aliphatic heterocycles. The molecule has 114 valence electrons. The van der Waals surface area contributed by atoms with E-state index in [4.69, 9.17) is 0 Å². The number of likely N-dealkylation sites (N-methyl/N-ethyl adjacent to an activating group) is 1. The standard InChI is InChI=1S/C15H18F3N3/c1-4-19-6-5-12-9(2)20-21(10(12)3)11-7-13(16)15(18)14(17)8-11/h7-8,19H,4-6H2,1-3H3. The van der Waals surface area contributed by atoms with Gasteiger partial charge in [0.25, 0.3) is 0 Å². The molecule has 0 aliphatic carbocycles. The van der Waals surface area contributed by atoms with Crippen LogP contribution in [0.2, 0.25) is 0 Å². The van der Waals surface area contributed by atoms with Crippen LogP contribution in [0.4, 0.5) is 13.2 Å². The second-order valence-electron chi connectivity index (χ2n) is 4.89. The maximum Gasteiger partial charge on any atom is 0.194 e. The molecule has 0 saturated heterocycles. The molecular weight excluding hydrogens is 279 g/mol. The number of aryl methyl sites for hydroxylation is 1. The Bertz CT molecular complexity index is 627. The Balaban J connectivity index is 2.39. The molecule has 6 heteroatoms. The normalized spacial score (nSPS) is 11.1. The summed E-state index contributed by atoms with van der Waals surface area (Å²) in [6.07, 6.45) is 0.775. The second kappa shape index (κ2) is 6.30. The zero-order valence-electron chi connectivity index (χ0n) is 12.3. The average Bonchev–Trinajstić information content (AvgIpc) is 2.72. The minimum absolute atomic E-state index is 0.182. The lowest BCUT2D eigenvalue weighted by atomic mass is 10.1. The Morgan fingerprint density at radius 1 is 1.14 bits per heavy atom. The predicted octanol–water partition coefficient (Wildman–Crippen LogP) is 3.06. The van der Waals surface area contributed by atoms with E-state index < -0.39 is 17.5 Å². The fourth-order valence-electron chi connectivity index (χ4n) is 2.34. The van der Waals surface area contributed by atoms with Crippen LogP contribution in [0, 0.1) is 31.3 Å². The Morgan fingerprint density at radius 2 is 1.76 bits per heavy atom. The molecule has 0 aliphatic rings. The van der Waals surface area contributed by atoms with Crippen LogP contribution in [-0.2, 0) is 6.42 Å². The molecule has 1 aromatic heterocycles. The van der Waals surface area contributed by atoms with Gasteiger partial charge in [0, 0.05) is 17.8 Å². The molecule has 1 aromatic carbocycles. The number of hydrogen-bond acceptors (Lipinski definition) is 2. The average molecular weight is 297 g/mol. The first-order valence-corrected chi connectivity index (χ1v) is 6.86. The van der Waals surface area contributed by atoms with Gasteiger partial charge in [0.05, 0.1) is 11.4 Å². The lowest BCUT2D eigenvalue weighted by Gasteiger charge is -2.07. The fourth-order valence-corrected chi connectivity index (χ4v) is 2.34. The topological polar surface area (TPSA) is 29.9 Å². The van der Waals surface area contributed by atoms with E-state index in [1.807, 2.05) is 20.8 Å². The van der Waals surface area contributed by atoms with Crippen LogP contribution in [0.1, 0.15) is 23.9 Å². The third-order valence-electron chi connectivity index (χ3n) is 3.46. The summed E-state index contributed by atoms with van der Waals surface area (Å²) in [4.78, 5) is 0. The molecule has 0 saturated carbocycles. The zero-order chi connectivity index (χ0) is 15.6. The number of nitrogens with one attached hydrogen (secondary N) is 1. The Morgan fingerprint density at radius 3 is 2.33 bits per heavy atom. The molecule has 1 N–H and O–H groups in total. The first-order valence-electron chi connectivity index (χ1n) is 6.86. The van der Waals surface area contributed by atoms with Gasteiger partial charge in [0.15, 0.2) is 17.5 Å². The molecule has 1 heterocycles. The first-order chi connectivity index (χ1) is 9.95. The van der Waals surface area contributed by atoms with Crippen LogP contribution in [0.25, 0.3) is 5.69 Å². The molecule has 0 amide bonds. The van der Waals surface area contributed by atoms with Crippen LogP contribution in [0.5, 0.6) is 0 Å². The van der Waals surface area contributed by atoms with Gasteiger partial charge in [0.1, 0.15) is 0 Å². The summed E-state index contributed by atoms with van der Waals surface area (Å²) >= 11 is 0. The van der Waals surface area contributed by atoms with Gasteiger partial charge in [-0.1, -0.05) is 6.92 Å². The van der Waals surface area contributed by atoms with Crippen molar-refractivity contribution in [1.82, 2.24) is 15.1 Å². The van der Waals surface area contributed by atoms with Crippen molar-refractivity contribution in [3.8, 4) is 5.69 Å². The van der Waals surface area contributed by atoms with E-state index in [2.05, 4.69) is 10.4 Å². The minimum atomic E-state index is -1.47.